The van der Waals surface area contributed by atoms with E-state index in [0.29, 0.717) is 18.7 Å². The third-order valence-corrected chi connectivity index (χ3v) is 2.40. The van der Waals surface area contributed by atoms with Crippen LogP contribution in [0.4, 0.5) is 13.2 Å². The molecular weight excluding hydrogens is 251 g/mol. The summed E-state index contributed by atoms with van der Waals surface area (Å²) in [6.07, 6.45) is -5.45. The summed E-state index contributed by atoms with van der Waals surface area (Å²) in [4.78, 5) is 0. The molecule has 0 bridgehead atoms. The Morgan fingerprint density at radius 1 is 1.28 bits per heavy atom. The molecule has 2 atom stereocenters. The lowest BCUT2D eigenvalue weighted by Crippen LogP contribution is -2.21. The second-order valence-corrected chi connectivity index (χ2v) is 3.78. The summed E-state index contributed by atoms with van der Waals surface area (Å²) < 4.78 is 50.4. The van der Waals surface area contributed by atoms with Gasteiger partial charge in [0, 0.05) is 12.1 Å². The Bertz CT molecular complexity index is 394. The number of nitrogens with two attached hydrogens (primary N) is 1. The van der Waals surface area contributed by atoms with Crippen LogP contribution in [0, 0.1) is 0 Å². The second-order valence-electron chi connectivity index (χ2n) is 3.78. The lowest BCUT2D eigenvalue weighted by atomic mass is 10.2. The average Bonchev–Trinajstić information content (AvgIpc) is 2.76. The molecule has 1 aromatic carbocycles. The summed E-state index contributed by atoms with van der Waals surface area (Å²) in [5.41, 5.74) is 6.04. The summed E-state index contributed by atoms with van der Waals surface area (Å²) in [5.74, 6) is -0.278. The molecule has 2 unspecified atom stereocenters. The molecule has 100 valence electrons. The lowest BCUT2D eigenvalue weighted by Gasteiger charge is -2.12. The third kappa shape index (κ3) is 3.34. The van der Waals surface area contributed by atoms with Crippen molar-refractivity contribution in [3.05, 3.63) is 29.8 Å². The van der Waals surface area contributed by atoms with Gasteiger partial charge in [-0.2, -0.15) is 0 Å². The highest BCUT2D eigenvalue weighted by atomic mass is 19.4. The van der Waals surface area contributed by atoms with Gasteiger partial charge >= 0.3 is 6.36 Å². The van der Waals surface area contributed by atoms with Gasteiger partial charge in [0.2, 0.25) is 0 Å². The first-order chi connectivity index (χ1) is 8.48. The molecule has 0 saturated carbocycles. The van der Waals surface area contributed by atoms with Crippen LogP contribution in [0.3, 0.4) is 0 Å². The van der Waals surface area contributed by atoms with Crippen LogP contribution in [0.1, 0.15) is 11.9 Å². The van der Waals surface area contributed by atoms with E-state index in [1.807, 2.05) is 0 Å². The van der Waals surface area contributed by atoms with Gasteiger partial charge in [0.25, 0.3) is 0 Å². The Kier molecular flexibility index (Phi) is 3.74. The topological polar surface area (TPSA) is 53.7 Å². The number of hydrogen-bond acceptors (Lipinski definition) is 4. The summed E-state index contributed by atoms with van der Waals surface area (Å²) in [6, 6.07) is 5.35. The first-order valence-corrected chi connectivity index (χ1v) is 5.31. The molecule has 1 saturated heterocycles. The fraction of sp³-hybridized carbons (Fsp3) is 0.455. The average molecular weight is 263 g/mol. The highest BCUT2D eigenvalue weighted by molar-refractivity contribution is 5.28. The molecular formula is C11H12F3NO3. The summed E-state index contributed by atoms with van der Waals surface area (Å²) in [5, 5.41) is 0. The first kappa shape index (κ1) is 13.1. The molecule has 0 radical (unpaired) electrons. The minimum absolute atomic E-state index is 0.180. The van der Waals surface area contributed by atoms with Crippen LogP contribution in [-0.2, 0) is 9.47 Å². The van der Waals surface area contributed by atoms with E-state index in [1.54, 1.807) is 0 Å². The highest BCUT2D eigenvalue weighted by Crippen LogP contribution is 2.29. The van der Waals surface area contributed by atoms with Crippen molar-refractivity contribution < 1.29 is 27.4 Å². The minimum atomic E-state index is -4.69. The van der Waals surface area contributed by atoms with E-state index in [-0.39, 0.29) is 11.9 Å². The molecule has 0 amide bonds. The largest absolute Gasteiger partial charge is 0.573 e. The van der Waals surface area contributed by atoms with E-state index in [0.717, 1.165) is 0 Å². The molecule has 7 heteroatoms. The second kappa shape index (κ2) is 5.13. The predicted molar refractivity (Wildman–Crippen MR) is 55.7 cm³/mol. The molecule has 1 heterocycles. The Morgan fingerprint density at radius 3 is 2.44 bits per heavy atom. The number of alkyl halides is 3. The van der Waals surface area contributed by atoms with Gasteiger partial charge in [-0.15, -0.1) is 13.2 Å². The molecule has 1 aliphatic rings. The number of halogens is 3. The quantitative estimate of drug-likeness (QED) is 0.905. The zero-order chi connectivity index (χ0) is 13.2. The van der Waals surface area contributed by atoms with Gasteiger partial charge in [-0.05, 0) is 12.1 Å². The van der Waals surface area contributed by atoms with E-state index >= 15 is 0 Å². The molecule has 18 heavy (non-hydrogen) atoms. The van der Waals surface area contributed by atoms with Gasteiger partial charge in [-0.1, -0.05) is 12.1 Å². The molecule has 0 aliphatic carbocycles. The zero-order valence-electron chi connectivity index (χ0n) is 9.31. The fourth-order valence-corrected chi connectivity index (χ4v) is 1.57. The van der Waals surface area contributed by atoms with Gasteiger partial charge < -0.3 is 19.9 Å². The van der Waals surface area contributed by atoms with Crippen LogP contribution in [0.5, 0.6) is 5.75 Å². The monoisotopic (exact) mass is 263 g/mol. The maximum absolute atomic E-state index is 12.0. The van der Waals surface area contributed by atoms with E-state index in [1.165, 1.54) is 24.3 Å². The normalized spacial score (nSPS) is 24.2. The molecule has 2 rings (SSSR count). The van der Waals surface area contributed by atoms with Crippen LogP contribution in [-0.4, -0.2) is 25.6 Å². The number of ether oxygens (including phenoxy) is 3. The standard InChI is InChI=1S/C11H12F3NO3/c12-11(13,14)18-8-3-1-7(2-4-8)10-16-6-9(5-15)17-10/h1-4,9-10H,5-6,15H2. The zero-order valence-corrected chi connectivity index (χ0v) is 9.31. The van der Waals surface area contributed by atoms with Crippen molar-refractivity contribution >= 4 is 0 Å². The van der Waals surface area contributed by atoms with Crippen LogP contribution in [0.25, 0.3) is 0 Å². The van der Waals surface area contributed by atoms with E-state index < -0.39 is 12.7 Å². The first-order valence-electron chi connectivity index (χ1n) is 5.31. The van der Waals surface area contributed by atoms with Gasteiger partial charge in [-0.25, -0.2) is 0 Å². The third-order valence-electron chi connectivity index (χ3n) is 2.40. The van der Waals surface area contributed by atoms with Crippen molar-refractivity contribution in [3.63, 3.8) is 0 Å². The van der Waals surface area contributed by atoms with Crippen LogP contribution in [0.15, 0.2) is 24.3 Å². The Balaban J connectivity index is 2.00. The smallest absolute Gasteiger partial charge is 0.406 e. The molecule has 0 aromatic heterocycles. The van der Waals surface area contributed by atoms with Gasteiger partial charge in [0.1, 0.15) is 5.75 Å². The molecule has 1 fully saturated rings. The Hall–Kier alpha value is -1.31. The van der Waals surface area contributed by atoms with Gasteiger partial charge in [-0.3, -0.25) is 0 Å². The summed E-state index contributed by atoms with van der Waals surface area (Å²) in [7, 11) is 0. The van der Waals surface area contributed by atoms with Crippen molar-refractivity contribution in [3.8, 4) is 5.75 Å². The predicted octanol–water partition coefficient (Wildman–Crippen LogP) is 1.96. The van der Waals surface area contributed by atoms with Crippen molar-refractivity contribution in [2.75, 3.05) is 13.2 Å². The van der Waals surface area contributed by atoms with Crippen LogP contribution < -0.4 is 10.5 Å². The number of rotatable bonds is 3. The molecule has 1 aliphatic heterocycles. The Morgan fingerprint density at radius 2 is 1.94 bits per heavy atom. The molecule has 0 spiro atoms. The fourth-order valence-electron chi connectivity index (χ4n) is 1.57. The number of benzene rings is 1. The lowest BCUT2D eigenvalue weighted by molar-refractivity contribution is -0.274. The maximum atomic E-state index is 12.0. The highest BCUT2D eigenvalue weighted by Gasteiger charge is 2.31. The van der Waals surface area contributed by atoms with E-state index in [2.05, 4.69) is 4.74 Å². The summed E-state index contributed by atoms with van der Waals surface area (Å²) >= 11 is 0. The van der Waals surface area contributed by atoms with Crippen molar-refractivity contribution in [2.24, 2.45) is 5.73 Å². The summed E-state index contributed by atoms with van der Waals surface area (Å²) in [6.45, 7) is 0.716. The van der Waals surface area contributed by atoms with Crippen LogP contribution in [0.2, 0.25) is 0 Å². The van der Waals surface area contributed by atoms with Crippen molar-refractivity contribution in [2.45, 2.75) is 18.8 Å². The van der Waals surface area contributed by atoms with E-state index in [9.17, 15) is 13.2 Å². The molecule has 1 aromatic rings. The maximum Gasteiger partial charge on any atom is 0.573 e. The SMILES string of the molecule is NCC1COC(c2ccc(OC(F)(F)F)cc2)O1. The Labute approximate surface area is 101 Å². The van der Waals surface area contributed by atoms with Crippen molar-refractivity contribution in [1.82, 2.24) is 0 Å². The van der Waals surface area contributed by atoms with Gasteiger partial charge in [0.15, 0.2) is 6.29 Å². The van der Waals surface area contributed by atoms with Crippen LogP contribution >= 0.6 is 0 Å². The van der Waals surface area contributed by atoms with Crippen molar-refractivity contribution in [1.29, 1.82) is 0 Å². The number of hydrogen-bond donors (Lipinski definition) is 1. The van der Waals surface area contributed by atoms with E-state index in [4.69, 9.17) is 15.2 Å². The minimum Gasteiger partial charge on any atom is -0.406 e. The van der Waals surface area contributed by atoms with Gasteiger partial charge in [0.05, 0.1) is 12.7 Å². The molecule has 4 nitrogen and oxygen atoms in total. The molecule has 2 N–H and O–H groups in total.